The largest absolute Gasteiger partial charge is 0.398 e. The summed E-state index contributed by atoms with van der Waals surface area (Å²) in [6.45, 7) is 0.0327. The number of sulfone groups is 1. The predicted molar refractivity (Wildman–Crippen MR) is 82.8 cm³/mol. The van der Waals surface area contributed by atoms with E-state index in [-0.39, 0.29) is 29.3 Å². The fourth-order valence-corrected chi connectivity index (χ4v) is 4.26. The van der Waals surface area contributed by atoms with Crippen LogP contribution in [-0.2, 0) is 9.84 Å². The van der Waals surface area contributed by atoms with E-state index in [9.17, 15) is 13.2 Å². The van der Waals surface area contributed by atoms with E-state index in [1.807, 2.05) is 0 Å². The fraction of sp³-hybridized carbons (Fsp3) is 0.357. The summed E-state index contributed by atoms with van der Waals surface area (Å²) in [5.41, 5.74) is 6.32. The molecule has 1 saturated heterocycles. The van der Waals surface area contributed by atoms with Gasteiger partial charge in [0.05, 0.1) is 23.6 Å². The third-order valence-electron chi connectivity index (χ3n) is 3.42. The Morgan fingerprint density at radius 2 is 2.24 bits per heavy atom. The Morgan fingerprint density at radius 3 is 2.81 bits per heavy atom. The zero-order valence-corrected chi connectivity index (χ0v) is 12.8. The normalized spacial score (nSPS) is 19.9. The lowest BCUT2D eigenvalue weighted by atomic mass is 10.1. The van der Waals surface area contributed by atoms with Crippen molar-refractivity contribution < 1.29 is 13.2 Å². The van der Waals surface area contributed by atoms with Crippen LogP contribution in [0.25, 0.3) is 0 Å². The summed E-state index contributed by atoms with van der Waals surface area (Å²) >= 11 is 5.89. The van der Waals surface area contributed by atoms with Crippen molar-refractivity contribution in [1.82, 2.24) is 4.90 Å². The van der Waals surface area contributed by atoms with E-state index in [0.717, 1.165) is 0 Å². The first-order valence-electron chi connectivity index (χ1n) is 6.34. The second-order valence-corrected chi connectivity index (χ2v) is 7.59. The van der Waals surface area contributed by atoms with Gasteiger partial charge in [0.1, 0.15) is 0 Å². The number of hydrogen-bond donors (Lipinski definition) is 1. The molecule has 1 heterocycles. The van der Waals surface area contributed by atoms with Gasteiger partial charge >= 0.3 is 0 Å². The first-order valence-corrected chi connectivity index (χ1v) is 8.54. The number of terminal acetylenes is 1. The number of carbonyl (C=O) groups excluding carboxylic acids is 1. The molecule has 1 aliphatic heterocycles. The molecule has 7 heteroatoms. The summed E-state index contributed by atoms with van der Waals surface area (Å²) in [5.74, 6) is 2.00. The Morgan fingerprint density at radius 1 is 1.52 bits per heavy atom. The Labute approximate surface area is 129 Å². The van der Waals surface area contributed by atoms with E-state index in [0.29, 0.717) is 11.4 Å². The number of nitrogens with zero attached hydrogens (tertiary/aromatic N) is 1. The maximum Gasteiger partial charge on any atom is 0.257 e. The van der Waals surface area contributed by atoms with E-state index >= 15 is 0 Å². The number of nitrogen functional groups attached to an aromatic ring is 1. The number of carbonyl (C=O) groups is 1. The summed E-state index contributed by atoms with van der Waals surface area (Å²) in [6, 6.07) is 4.16. The summed E-state index contributed by atoms with van der Waals surface area (Å²) < 4.78 is 23.2. The molecule has 0 spiro atoms. The molecule has 0 bridgehead atoms. The average Bonchev–Trinajstić information content (AvgIpc) is 2.78. The second kappa shape index (κ2) is 5.96. The number of rotatable bonds is 3. The van der Waals surface area contributed by atoms with Crippen molar-refractivity contribution in [1.29, 1.82) is 0 Å². The number of halogens is 1. The molecule has 112 valence electrons. The minimum absolute atomic E-state index is 0.0327. The second-order valence-electron chi connectivity index (χ2n) is 4.93. The van der Waals surface area contributed by atoms with Crippen molar-refractivity contribution in [2.24, 2.45) is 0 Å². The fourth-order valence-electron chi connectivity index (χ4n) is 2.35. The van der Waals surface area contributed by atoms with Gasteiger partial charge < -0.3 is 10.6 Å². The zero-order chi connectivity index (χ0) is 15.6. The van der Waals surface area contributed by atoms with Crippen molar-refractivity contribution in [3.63, 3.8) is 0 Å². The Kier molecular flexibility index (Phi) is 4.45. The van der Waals surface area contributed by atoms with E-state index < -0.39 is 21.8 Å². The van der Waals surface area contributed by atoms with Crippen LogP contribution in [-0.4, -0.2) is 43.3 Å². The molecule has 1 amide bonds. The van der Waals surface area contributed by atoms with Gasteiger partial charge in [-0.15, -0.1) is 6.42 Å². The van der Waals surface area contributed by atoms with Crippen molar-refractivity contribution in [2.75, 3.05) is 23.8 Å². The third kappa shape index (κ3) is 3.49. The van der Waals surface area contributed by atoms with Crippen LogP contribution in [0.2, 0.25) is 5.02 Å². The number of hydrogen-bond acceptors (Lipinski definition) is 4. The highest BCUT2D eigenvalue weighted by atomic mass is 35.5. The first kappa shape index (κ1) is 15.7. The Balaban J connectivity index is 2.32. The van der Waals surface area contributed by atoms with Crippen LogP contribution < -0.4 is 5.73 Å². The Bertz CT molecular complexity index is 709. The molecule has 2 N–H and O–H groups in total. The van der Waals surface area contributed by atoms with Gasteiger partial charge in [0, 0.05) is 16.8 Å². The van der Waals surface area contributed by atoms with Crippen LogP contribution in [0, 0.1) is 12.3 Å². The number of nitrogens with two attached hydrogens (primary N) is 1. The van der Waals surface area contributed by atoms with E-state index in [2.05, 4.69) is 5.92 Å². The van der Waals surface area contributed by atoms with Crippen LogP contribution in [0.5, 0.6) is 0 Å². The molecule has 21 heavy (non-hydrogen) atoms. The highest BCUT2D eigenvalue weighted by Crippen LogP contribution is 2.24. The molecule has 1 unspecified atom stereocenters. The van der Waals surface area contributed by atoms with Crippen LogP contribution in [0.15, 0.2) is 18.2 Å². The average molecular weight is 327 g/mol. The summed E-state index contributed by atoms with van der Waals surface area (Å²) in [6.07, 6.45) is 5.68. The lowest BCUT2D eigenvalue weighted by Crippen LogP contribution is -2.41. The lowest BCUT2D eigenvalue weighted by Gasteiger charge is -2.26. The monoisotopic (exact) mass is 326 g/mol. The van der Waals surface area contributed by atoms with Crippen molar-refractivity contribution in [2.45, 2.75) is 12.5 Å². The quantitative estimate of drug-likeness (QED) is 0.668. The van der Waals surface area contributed by atoms with Gasteiger partial charge in [0.2, 0.25) is 0 Å². The molecule has 1 aromatic carbocycles. The highest BCUT2D eigenvalue weighted by molar-refractivity contribution is 7.91. The van der Waals surface area contributed by atoms with Gasteiger partial charge in [-0.3, -0.25) is 4.79 Å². The van der Waals surface area contributed by atoms with E-state index in [4.69, 9.17) is 23.8 Å². The standard InChI is InChI=1S/C14H15ClN2O3S/c1-2-6-17(11-5-7-21(19,20)9-11)14(18)12-8-10(15)3-4-13(12)16/h1,3-4,8,11H,5-7,9,16H2. The lowest BCUT2D eigenvalue weighted by molar-refractivity contribution is 0.0725. The first-order chi connectivity index (χ1) is 9.84. The molecule has 0 aliphatic carbocycles. The van der Waals surface area contributed by atoms with Crippen molar-refractivity contribution in [3.05, 3.63) is 28.8 Å². The number of benzene rings is 1. The minimum atomic E-state index is -3.11. The van der Waals surface area contributed by atoms with Gasteiger partial charge in [-0.1, -0.05) is 17.5 Å². The topological polar surface area (TPSA) is 80.5 Å². The maximum atomic E-state index is 12.6. The van der Waals surface area contributed by atoms with Gasteiger partial charge in [-0.25, -0.2) is 8.42 Å². The van der Waals surface area contributed by atoms with Gasteiger partial charge in [0.15, 0.2) is 9.84 Å². The SMILES string of the molecule is C#CCN(C(=O)c1cc(Cl)ccc1N)C1CCS(=O)(=O)C1. The molecule has 1 aromatic rings. The predicted octanol–water partition coefficient (Wildman–Crippen LogP) is 1.18. The van der Waals surface area contributed by atoms with Crippen LogP contribution in [0.4, 0.5) is 5.69 Å². The molecule has 5 nitrogen and oxygen atoms in total. The van der Waals surface area contributed by atoms with Crippen molar-refractivity contribution >= 4 is 33.0 Å². The maximum absolute atomic E-state index is 12.6. The summed E-state index contributed by atoms with van der Waals surface area (Å²) in [5, 5.41) is 0.382. The molecule has 2 rings (SSSR count). The third-order valence-corrected chi connectivity index (χ3v) is 5.40. The molecular weight excluding hydrogens is 312 g/mol. The molecule has 0 saturated carbocycles. The van der Waals surface area contributed by atoms with Crippen LogP contribution >= 0.6 is 11.6 Å². The molecule has 0 radical (unpaired) electrons. The van der Waals surface area contributed by atoms with E-state index in [1.165, 1.54) is 17.0 Å². The minimum Gasteiger partial charge on any atom is -0.398 e. The van der Waals surface area contributed by atoms with Gasteiger partial charge in [0.25, 0.3) is 5.91 Å². The molecular formula is C14H15ClN2O3S. The van der Waals surface area contributed by atoms with Gasteiger partial charge in [-0.2, -0.15) is 0 Å². The molecule has 1 fully saturated rings. The Hall–Kier alpha value is -1.71. The van der Waals surface area contributed by atoms with Crippen molar-refractivity contribution in [3.8, 4) is 12.3 Å². The van der Waals surface area contributed by atoms with E-state index in [1.54, 1.807) is 6.07 Å². The number of anilines is 1. The molecule has 0 aromatic heterocycles. The smallest absolute Gasteiger partial charge is 0.257 e. The number of amides is 1. The molecule has 1 aliphatic rings. The summed E-state index contributed by atoms with van der Waals surface area (Å²) in [4.78, 5) is 14.0. The van der Waals surface area contributed by atoms with Crippen LogP contribution in [0.1, 0.15) is 16.8 Å². The zero-order valence-electron chi connectivity index (χ0n) is 11.3. The van der Waals surface area contributed by atoms with Gasteiger partial charge in [-0.05, 0) is 24.6 Å². The summed E-state index contributed by atoms with van der Waals surface area (Å²) in [7, 11) is -3.11. The molecule has 1 atom stereocenters. The highest BCUT2D eigenvalue weighted by Gasteiger charge is 2.35. The van der Waals surface area contributed by atoms with Crippen LogP contribution in [0.3, 0.4) is 0 Å².